The Morgan fingerprint density at radius 3 is 2.95 bits per heavy atom. The summed E-state index contributed by atoms with van der Waals surface area (Å²) in [6.45, 7) is 0.715. The van der Waals surface area contributed by atoms with Gasteiger partial charge in [-0.25, -0.2) is 0 Å². The van der Waals surface area contributed by atoms with Gasteiger partial charge in [0.2, 0.25) is 5.95 Å². The Labute approximate surface area is 114 Å². The van der Waals surface area contributed by atoms with Crippen molar-refractivity contribution in [3.63, 3.8) is 0 Å². The highest BCUT2D eigenvalue weighted by Crippen LogP contribution is 2.44. The van der Waals surface area contributed by atoms with Crippen molar-refractivity contribution >= 4 is 23.7 Å². The normalized spacial score (nSPS) is 26.7. The minimum Gasteiger partial charge on any atom is -0.481 e. The Bertz CT molecular complexity index is 488. The standard InChI is InChI=1S/C11H16N4O3S/c12-10-13-14-11(19-5-8(16)17)15(10)7-3-4-18-9(7)6-1-2-6/h6-7,9H,1-5H2,(H2,12,13)(H,16,17). The number of aromatic nitrogens is 3. The SMILES string of the molecule is Nc1nnc(SCC(=O)O)n1C1CCOC1C1CC1. The molecule has 2 heterocycles. The molecular weight excluding hydrogens is 268 g/mol. The van der Waals surface area contributed by atoms with E-state index in [1.54, 1.807) is 0 Å². The van der Waals surface area contributed by atoms with E-state index in [1.807, 2.05) is 4.57 Å². The predicted octanol–water partition coefficient (Wildman–Crippen LogP) is 0.777. The fourth-order valence-electron chi connectivity index (χ4n) is 2.58. The molecule has 1 saturated heterocycles. The second-order valence-corrected chi connectivity index (χ2v) is 5.86. The predicted molar refractivity (Wildman–Crippen MR) is 68.9 cm³/mol. The molecule has 0 aromatic carbocycles. The largest absolute Gasteiger partial charge is 0.481 e. The Morgan fingerprint density at radius 1 is 1.47 bits per heavy atom. The molecule has 19 heavy (non-hydrogen) atoms. The van der Waals surface area contributed by atoms with Crippen molar-refractivity contribution in [3.05, 3.63) is 0 Å². The van der Waals surface area contributed by atoms with Crippen LogP contribution in [0.2, 0.25) is 0 Å². The molecule has 0 spiro atoms. The molecule has 0 bridgehead atoms. The maximum Gasteiger partial charge on any atom is 0.313 e. The van der Waals surface area contributed by atoms with Crippen LogP contribution in [0.1, 0.15) is 25.3 Å². The number of nitrogen functional groups attached to an aromatic ring is 1. The minimum absolute atomic E-state index is 0.0419. The molecule has 1 aromatic rings. The van der Waals surface area contributed by atoms with Crippen LogP contribution in [-0.2, 0) is 9.53 Å². The average molecular weight is 284 g/mol. The first-order chi connectivity index (χ1) is 9.16. The Balaban J connectivity index is 1.82. The second kappa shape index (κ2) is 5.01. The van der Waals surface area contributed by atoms with Crippen molar-refractivity contribution in [2.24, 2.45) is 5.92 Å². The van der Waals surface area contributed by atoms with Gasteiger partial charge in [0.25, 0.3) is 0 Å². The number of carboxylic acid groups (broad SMARTS) is 1. The maximum atomic E-state index is 10.7. The average Bonchev–Trinajstić information content (AvgIpc) is 2.99. The molecule has 2 fully saturated rings. The number of nitrogens with two attached hydrogens (primary N) is 1. The molecule has 1 saturated carbocycles. The summed E-state index contributed by atoms with van der Waals surface area (Å²) in [6, 6.07) is 0.138. The van der Waals surface area contributed by atoms with Crippen LogP contribution in [0.3, 0.4) is 0 Å². The van der Waals surface area contributed by atoms with Gasteiger partial charge >= 0.3 is 5.97 Å². The Morgan fingerprint density at radius 2 is 2.26 bits per heavy atom. The van der Waals surface area contributed by atoms with E-state index >= 15 is 0 Å². The summed E-state index contributed by atoms with van der Waals surface area (Å²) in [4.78, 5) is 10.7. The Hall–Kier alpha value is -1.28. The maximum absolute atomic E-state index is 10.7. The van der Waals surface area contributed by atoms with E-state index in [0.717, 1.165) is 18.2 Å². The van der Waals surface area contributed by atoms with Gasteiger partial charge in [-0.3, -0.25) is 9.36 Å². The van der Waals surface area contributed by atoms with Crippen molar-refractivity contribution in [2.45, 2.75) is 36.6 Å². The van der Waals surface area contributed by atoms with Crippen LogP contribution in [0.5, 0.6) is 0 Å². The van der Waals surface area contributed by atoms with Crippen LogP contribution >= 0.6 is 11.8 Å². The highest BCUT2D eigenvalue weighted by atomic mass is 32.2. The molecular formula is C11H16N4O3S. The van der Waals surface area contributed by atoms with Crippen molar-refractivity contribution < 1.29 is 14.6 Å². The van der Waals surface area contributed by atoms with Crippen LogP contribution < -0.4 is 5.73 Å². The molecule has 2 aliphatic rings. The van der Waals surface area contributed by atoms with Gasteiger partial charge in [-0.15, -0.1) is 10.2 Å². The monoisotopic (exact) mass is 284 g/mol. The fraction of sp³-hybridized carbons (Fsp3) is 0.727. The van der Waals surface area contributed by atoms with E-state index in [1.165, 1.54) is 12.8 Å². The lowest BCUT2D eigenvalue weighted by molar-refractivity contribution is -0.133. The lowest BCUT2D eigenvalue weighted by atomic mass is 10.1. The number of carbonyl (C=O) groups is 1. The molecule has 0 radical (unpaired) electrons. The molecule has 3 N–H and O–H groups in total. The van der Waals surface area contributed by atoms with Crippen molar-refractivity contribution in [3.8, 4) is 0 Å². The number of aliphatic carboxylic acids is 1. The molecule has 2 atom stereocenters. The van der Waals surface area contributed by atoms with Crippen molar-refractivity contribution in [1.29, 1.82) is 0 Å². The van der Waals surface area contributed by atoms with Gasteiger partial charge in [-0.05, 0) is 25.2 Å². The van der Waals surface area contributed by atoms with Crippen molar-refractivity contribution in [2.75, 3.05) is 18.1 Å². The highest BCUT2D eigenvalue weighted by molar-refractivity contribution is 7.99. The van der Waals surface area contributed by atoms with Gasteiger partial charge in [0.1, 0.15) is 0 Å². The molecule has 3 rings (SSSR count). The number of thioether (sulfide) groups is 1. The first-order valence-corrected chi connectivity index (χ1v) is 7.32. The smallest absolute Gasteiger partial charge is 0.313 e. The number of rotatable bonds is 5. The summed E-state index contributed by atoms with van der Waals surface area (Å²) in [5.74, 6) is 0.0278. The number of nitrogens with zero attached hydrogens (tertiary/aromatic N) is 3. The first kappa shape index (κ1) is 12.7. The summed E-state index contributed by atoms with van der Waals surface area (Å²) in [7, 11) is 0. The number of hydrogen-bond donors (Lipinski definition) is 2. The molecule has 1 aromatic heterocycles. The zero-order valence-corrected chi connectivity index (χ0v) is 11.2. The molecule has 8 heteroatoms. The molecule has 7 nitrogen and oxygen atoms in total. The summed E-state index contributed by atoms with van der Waals surface area (Å²) in [5, 5.41) is 17.2. The zero-order chi connectivity index (χ0) is 13.4. The van der Waals surface area contributed by atoms with Gasteiger partial charge in [0.05, 0.1) is 17.9 Å². The van der Waals surface area contributed by atoms with Gasteiger partial charge < -0.3 is 15.6 Å². The van der Waals surface area contributed by atoms with Gasteiger partial charge in [0, 0.05) is 6.61 Å². The summed E-state index contributed by atoms with van der Waals surface area (Å²) >= 11 is 1.15. The van der Waals surface area contributed by atoms with Crippen LogP contribution in [0, 0.1) is 5.92 Å². The van der Waals surface area contributed by atoms with E-state index in [2.05, 4.69) is 10.2 Å². The van der Waals surface area contributed by atoms with Crippen LogP contribution in [0.4, 0.5) is 5.95 Å². The van der Waals surface area contributed by atoms with Gasteiger partial charge in [0.15, 0.2) is 5.16 Å². The number of ether oxygens (including phenoxy) is 1. The second-order valence-electron chi connectivity index (χ2n) is 4.92. The Kier molecular flexibility index (Phi) is 3.36. The summed E-state index contributed by atoms with van der Waals surface area (Å²) < 4.78 is 7.64. The zero-order valence-electron chi connectivity index (χ0n) is 10.4. The van der Waals surface area contributed by atoms with Crippen LogP contribution in [0.15, 0.2) is 5.16 Å². The van der Waals surface area contributed by atoms with Crippen LogP contribution in [-0.4, -0.2) is 44.3 Å². The third-order valence-corrected chi connectivity index (χ3v) is 4.46. The van der Waals surface area contributed by atoms with Crippen LogP contribution in [0.25, 0.3) is 0 Å². The van der Waals surface area contributed by atoms with Crippen molar-refractivity contribution in [1.82, 2.24) is 14.8 Å². The van der Waals surface area contributed by atoms with E-state index in [-0.39, 0.29) is 17.9 Å². The van der Waals surface area contributed by atoms with E-state index < -0.39 is 5.97 Å². The number of hydrogen-bond acceptors (Lipinski definition) is 6. The number of carboxylic acids is 1. The minimum atomic E-state index is -0.875. The molecule has 0 amide bonds. The molecule has 1 aliphatic carbocycles. The lowest BCUT2D eigenvalue weighted by Gasteiger charge is -2.21. The third-order valence-electron chi connectivity index (χ3n) is 3.54. The quantitative estimate of drug-likeness (QED) is 0.770. The van der Waals surface area contributed by atoms with E-state index in [9.17, 15) is 4.79 Å². The molecule has 1 aliphatic heterocycles. The van der Waals surface area contributed by atoms with Gasteiger partial charge in [-0.2, -0.15) is 0 Å². The highest BCUT2D eigenvalue weighted by Gasteiger charge is 2.42. The van der Waals surface area contributed by atoms with E-state index in [4.69, 9.17) is 15.6 Å². The van der Waals surface area contributed by atoms with Gasteiger partial charge in [-0.1, -0.05) is 11.8 Å². The third kappa shape index (κ3) is 2.55. The molecule has 104 valence electrons. The molecule has 2 unspecified atom stereocenters. The lowest BCUT2D eigenvalue weighted by Crippen LogP contribution is -2.24. The number of anilines is 1. The van der Waals surface area contributed by atoms with E-state index in [0.29, 0.717) is 23.6 Å². The first-order valence-electron chi connectivity index (χ1n) is 6.33. The fourth-order valence-corrected chi connectivity index (χ4v) is 3.30. The summed E-state index contributed by atoms with van der Waals surface area (Å²) in [6.07, 6.45) is 3.44. The topological polar surface area (TPSA) is 103 Å². The summed E-state index contributed by atoms with van der Waals surface area (Å²) in [5.41, 5.74) is 5.88.